The van der Waals surface area contributed by atoms with E-state index in [4.69, 9.17) is 11.6 Å². The van der Waals surface area contributed by atoms with E-state index in [9.17, 15) is 9.59 Å². The lowest BCUT2D eigenvalue weighted by Crippen LogP contribution is -2.55. The van der Waals surface area contributed by atoms with Crippen LogP contribution in [0.15, 0.2) is 12.3 Å². The minimum atomic E-state index is -0.522. The van der Waals surface area contributed by atoms with Crippen LogP contribution in [0.2, 0.25) is 0 Å². The lowest BCUT2D eigenvalue weighted by Gasteiger charge is -2.42. The molecule has 1 aliphatic heterocycles. The fourth-order valence-corrected chi connectivity index (χ4v) is 4.12. The Morgan fingerprint density at radius 1 is 1.44 bits per heavy atom. The lowest BCUT2D eigenvalue weighted by atomic mass is 9.74. The highest BCUT2D eigenvalue weighted by Crippen LogP contribution is 2.36. The Hall–Kier alpha value is -1.89. The molecule has 1 aliphatic carbocycles. The number of nitrogens with one attached hydrogen (secondary N) is 2. The average molecular weight is 367 g/mol. The van der Waals surface area contributed by atoms with E-state index >= 15 is 0 Å². The van der Waals surface area contributed by atoms with Crippen LogP contribution < -0.4 is 10.6 Å². The Morgan fingerprint density at radius 2 is 2.24 bits per heavy atom. The summed E-state index contributed by atoms with van der Waals surface area (Å²) in [6.45, 7) is 1.93. The number of hydrogen-bond acceptors (Lipinski definition) is 6. The molecule has 4 unspecified atom stereocenters. The molecule has 25 heavy (non-hydrogen) atoms. The standard InChI is InChI=1S/C17H23ClN4O3/c1-9(20-17-19-6-5-14(22-17)16(24)25-2)12-8-10-7-11(18)3-4-13(10)21-15(12)23/h5-6,9-13H,3-4,7-8H2,1-2H3,(H,21,23)(H,19,20,22)/t9-,10?,11?,12?,13?/m0/s1. The predicted molar refractivity (Wildman–Crippen MR) is 93.5 cm³/mol. The second-order valence-electron chi connectivity index (χ2n) is 6.82. The lowest BCUT2D eigenvalue weighted by molar-refractivity contribution is -0.130. The van der Waals surface area contributed by atoms with Crippen molar-refractivity contribution in [1.29, 1.82) is 0 Å². The molecule has 2 heterocycles. The van der Waals surface area contributed by atoms with Crippen LogP contribution in [0, 0.1) is 11.8 Å². The number of halogens is 1. The highest BCUT2D eigenvalue weighted by Gasteiger charge is 2.41. The zero-order valence-electron chi connectivity index (χ0n) is 14.4. The first-order valence-electron chi connectivity index (χ1n) is 8.60. The first-order valence-corrected chi connectivity index (χ1v) is 9.04. The molecule has 2 N–H and O–H groups in total. The monoisotopic (exact) mass is 366 g/mol. The van der Waals surface area contributed by atoms with E-state index in [1.165, 1.54) is 19.4 Å². The fourth-order valence-electron chi connectivity index (χ4n) is 3.76. The third-order valence-corrected chi connectivity index (χ3v) is 5.55. The molecule has 1 saturated carbocycles. The maximum atomic E-state index is 12.5. The average Bonchev–Trinajstić information content (AvgIpc) is 2.61. The van der Waals surface area contributed by atoms with Gasteiger partial charge in [0.2, 0.25) is 11.9 Å². The van der Waals surface area contributed by atoms with Crippen LogP contribution in [-0.2, 0) is 9.53 Å². The molecule has 0 spiro atoms. The van der Waals surface area contributed by atoms with E-state index in [-0.39, 0.29) is 35.0 Å². The molecule has 3 rings (SSSR count). The smallest absolute Gasteiger partial charge is 0.356 e. The van der Waals surface area contributed by atoms with E-state index in [2.05, 4.69) is 25.3 Å². The molecule has 2 fully saturated rings. The molecule has 2 aliphatic rings. The summed E-state index contributed by atoms with van der Waals surface area (Å²) in [7, 11) is 1.30. The van der Waals surface area contributed by atoms with Gasteiger partial charge in [0, 0.05) is 23.7 Å². The van der Waals surface area contributed by atoms with Crippen molar-refractivity contribution in [3.8, 4) is 0 Å². The van der Waals surface area contributed by atoms with Crippen LogP contribution in [0.25, 0.3) is 0 Å². The molecule has 1 amide bonds. The van der Waals surface area contributed by atoms with Gasteiger partial charge in [0.15, 0.2) is 5.69 Å². The summed E-state index contributed by atoms with van der Waals surface area (Å²) in [6, 6.07) is 1.57. The molecule has 136 valence electrons. The number of rotatable bonds is 4. The number of ether oxygens (including phenoxy) is 1. The Balaban J connectivity index is 1.67. The number of nitrogens with zero attached hydrogens (tertiary/aromatic N) is 2. The number of methoxy groups -OCH3 is 1. The topological polar surface area (TPSA) is 93.2 Å². The quantitative estimate of drug-likeness (QED) is 0.625. The Bertz CT molecular complexity index is 657. The number of aromatic nitrogens is 2. The van der Waals surface area contributed by atoms with Crippen molar-refractivity contribution in [1.82, 2.24) is 15.3 Å². The fraction of sp³-hybridized carbons (Fsp3) is 0.647. The number of amides is 1. The summed E-state index contributed by atoms with van der Waals surface area (Å²) in [4.78, 5) is 32.3. The third kappa shape index (κ3) is 4.03. The molecule has 0 bridgehead atoms. The van der Waals surface area contributed by atoms with Crippen molar-refractivity contribution in [2.75, 3.05) is 12.4 Å². The number of fused-ring (bicyclic) bond motifs is 1. The maximum absolute atomic E-state index is 12.5. The zero-order chi connectivity index (χ0) is 18.0. The molecular weight excluding hydrogens is 344 g/mol. The van der Waals surface area contributed by atoms with Gasteiger partial charge in [-0.1, -0.05) is 0 Å². The van der Waals surface area contributed by atoms with E-state index in [0.29, 0.717) is 11.9 Å². The first kappa shape index (κ1) is 17.9. The number of esters is 1. The highest BCUT2D eigenvalue weighted by molar-refractivity contribution is 6.20. The second kappa shape index (κ2) is 7.56. The molecule has 1 aromatic heterocycles. The highest BCUT2D eigenvalue weighted by atomic mass is 35.5. The van der Waals surface area contributed by atoms with Gasteiger partial charge in [-0.05, 0) is 44.6 Å². The third-order valence-electron chi connectivity index (χ3n) is 5.15. The predicted octanol–water partition coefficient (Wildman–Crippen LogP) is 1.98. The van der Waals surface area contributed by atoms with Gasteiger partial charge in [-0.2, -0.15) is 0 Å². The normalized spacial score (nSPS) is 30.0. The van der Waals surface area contributed by atoms with Crippen molar-refractivity contribution >= 4 is 29.4 Å². The van der Waals surface area contributed by atoms with Gasteiger partial charge >= 0.3 is 5.97 Å². The summed E-state index contributed by atoms with van der Waals surface area (Å²) in [6.07, 6.45) is 5.12. The van der Waals surface area contributed by atoms with Crippen LogP contribution in [0.1, 0.15) is 43.1 Å². The van der Waals surface area contributed by atoms with Gasteiger partial charge in [-0.25, -0.2) is 14.8 Å². The molecule has 7 nitrogen and oxygen atoms in total. The van der Waals surface area contributed by atoms with Crippen molar-refractivity contribution in [3.05, 3.63) is 18.0 Å². The molecule has 5 atom stereocenters. The first-order chi connectivity index (χ1) is 12.0. The molecule has 1 aromatic rings. The Morgan fingerprint density at radius 3 is 3.00 bits per heavy atom. The minimum absolute atomic E-state index is 0.0541. The Labute approximate surface area is 151 Å². The maximum Gasteiger partial charge on any atom is 0.356 e. The van der Waals surface area contributed by atoms with Crippen LogP contribution in [0.5, 0.6) is 0 Å². The summed E-state index contributed by atoms with van der Waals surface area (Å²) >= 11 is 6.30. The number of alkyl halides is 1. The van der Waals surface area contributed by atoms with Gasteiger partial charge in [-0.15, -0.1) is 11.6 Å². The summed E-state index contributed by atoms with van der Waals surface area (Å²) in [5, 5.41) is 6.48. The van der Waals surface area contributed by atoms with Gasteiger partial charge in [0.05, 0.1) is 13.0 Å². The molecular formula is C17H23ClN4O3. The van der Waals surface area contributed by atoms with Crippen LogP contribution >= 0.6 is 11.6 Å². The summed E-state index contributed by atoms with van der Waals surface area (Å²) in [5.74, 6) is 0.0634. The second-order valence-corrected chi connectivity index (χ2v) is 7.43. The number of anilines is 1. The van der Waals surface area contributed by atoms with Crippen molar-refractivity contribution in [3.63, 3.8) is 0 Å². The van der Waals surface area contributed by atoms with Gasteiger partial charge in [0.25, 0.3) is 0 Å². The Kier molecular flexibility index (Phi) is 5.42. The molecule has 0 aromatic carbocycles. The zero-order valence-corrected chi connectivity index (χ0v) is 15.1. The molecule has 1 saturated heterocycles. The number of hydrogen-bond donors (Lipinski definition) is 2. The molecule has 8 heteroatoms. The van der Waals surface area contributed by atoms with E-state index in [1.54, 1.807) is 0 Å². The summed E-state index contributed by atoms with van der Waals surface area (Å²) < 4.78 is 4.67. The van der Waals surface area contributed by atoms with Crippen LogP contribution in [0.3, 0.4) is 0 Å². The van der Waals surface area contributed by atoms with E-state index in [1.807, 2.05) is 6.92 Å². The van der Waals surface area contributed by atoms with Crippen LogP contribution in [-0.4, -0.2) is 46.4 Å². The van der Waals surface area contributed by atoms with E-state index in [0.717, 1.165) is 25.7 Å². The number of carbonyl (C=O) groups excluding carboxylic acids is 2. The van der Waals surface area contributed by atoms with Gasteiger partial charge in [0.1, 0.15) is 0 Å². The number of carbonyl (C=O) groups is 2. The summed E-state index contributed by atoms with van der Waals surface area (Å²) in [5.41, 5.74) is 0.178. The largest absolute Gasteiger partial charge is 0.464 e. The van der Waals surface area contributed by atoms with Crippen molar-refractivity contribution < 1.29 is 14.3 Å². The van der Waals surface area contributed by atoms with Crippen molar-refractivity contribution in [2.45, 2.75) is 50.1 Å². The van der Waals surface area contributed by atoms with E-state index < -0.39 is 5.97 Å². The van der Waals surface area contributed by atoms with Gasteiger partial charge < -0.3 is 15.4 Å². The van der Waals surface area contributed by atoms with Crippen LogP contribution in [0.4, 0.5) is 5.95 Å². The van der Waals surface area contributed by atoms with Crippen molar-refractivity contribution in [2.24, 2.45) is 11.8 Å². The number of piperidine rings is 1. The van der Waals surface area contributed by atoms with Gasteiger partial charge in [-0.3, -0.25) is 4.79 Å². The minimum Gasteiger partial charge on any atom is -0.464 e. The SMILES string of the molecule is COC(=O)c1ccnc(N[C@@H](C)C2CC3CC(Cl)CCC3NC2=O)n1. The molecule has 0 radical (unpaired) electrons.